The van der Waals surface area contributed by atoms with Crippen LogP contribution in [0, 0.1) is 29.1 Å². The van der Waals surface area contributed by atoms with Gasteiger partial charge < -0.3 is 20.9 Å². The van der Waals surface area contributed by atoms with Gasteiger partial charge in [-0.3, -0.25) is 24.0 Å². The van der Waals surface area contributed by atoms with Crippen molar-refractivity contribution in [2.75, 3.05) is 6.54 Å². The quantitative estimate of drug-likeness (QED) is 0.327. The average molecular weight is 573 g/mol. The molecule has 41 heavy (non-hydrogen) atoms. The van der Waals surface area contributed by atoms with E-state index in [0.29, 0.717) is 25.3 Å². The van der Waals surface area contributed by atoms with Gasteiger partial charge in [0, 0.05) is 18.5 Å². The number of hydrogen-bond acceptors (Lipinski definition) is 5. The smallest absolute Gasteiger partial charge is 0.289 e. The van der Waals surface area contributed by atoms with E-state index in [4.69, 9.17) is 0 Å². The summed E-state index contributed by atoms with van der Waals surface area (Å²) in [6.07, 6.45) is 11.1. The lowest BCUT2D eigenvalue weighted by Crippen LogP contribution is -2.60. The number of likely N-dealkylation sites (tertiary alicyclic amines) is 1. The molecular weight excluding hydrogens is 520 g/mol. The third kappa shape index (κ3) is 7.50. The van der Waals surface area contributed by atoms with Crippen molar-refractivity contribution in [2.45, 2.75) is 136 Å². The van der Waals surface area contributed by atoms with Crippen LogP contribution >= 0.6 is 0 Å². The van der Waals surface area contributed by atoms with Gasteiger partial charge in [-0.15, -0.1) is 0 Å². The molecule has 1 heterocycles. The Morgan fingerprint density at radius 2 is 1.56 bits per heavy atom. The predicted molar refractivity (Wildman–Crippen MR) is 156 cm³/mol. The summed E-state index contributed by atoms with van der Waals surface area (Å²) in [6.45, 7) is 10.2. The zero-order valence-corrected chi connectivity index (χ0v) is 25.8. The average Bonchev–Trinajstić information content (AvgIpc) is 3.50. The lowest BCUT2D eigenvalue weighted by atomic mass is 9.79. The van der Waals surface area contributed by atoms with Crippen LogP contribution in [0.2, 0.25) is 0 Å². The molecule has 0 aromatic rings. The number of rotatable bonds is 11. The highest BCUT2D eigenvalue weighted by atomic mass is 16.2. The summed E-state index contributed by atoms with van der Waals surface area (Å²) >= 11 is 0. The summed E-state index contributed by atoms with van der Waals surface area (Å²) in [6, 6.07) is -2.35. The molecule has 0 aromatic carbocycles. The van der Waals surface area contributed by atoms with E-state index in [2.05, 4.69) is 16.0 Å². The zero-order chi connectivity index (χ0) is 29.9. The lowest BCUT2D eigenvalue weighted by molar-refractivity contribution is -0.146. The molecule has 0 spiro atoms. The van der Waals surface area contributed by atoms with Gasteiger partial charge in [0.15, 0.2) is 0 Å². The second-order valence-electron chi connectivity index (χ2n) is 14.2. The standard InChI is InChI=1S/C32H52N4O5/c1-6-11-24(26(37)30(40)33-22-16-17-22)34-29(39)25-23-15-10-14-21(23)18-36(25)31(41)27(32(3,4)5)35-28(38)19(2)20-12-8-7-9-13-20/h19-25,27H,6-18H2,1-5H3,(H,33,40)(H,34,39)(H,35,38)/t19-,21?,23?,24-,25-,27+/m1/s1. The zero-order valence-electron chi connectivity index (χ0n) is 25.8. The van der Waals surface area contributed by atoms with Gasteiger partial charge in [-0.2, -0.15) is 0 Å². The molecule has 0 bridgehead atoms. The molecular formula is C32H52N4O5. The molecule has 9 nitrogen and oxygen atoms in total. The summed E-state index contributed by atoms with van der Waals surface area (Å²) in [7, 11) is 0. The second kappa shape index (κ2) is 13.2. The largest absolute Gasteiger partial charge is 0.347 e. The van der Waals surface area contributed by atoms with Crippen LogP contribution in [0.5, 0.6) is 0 Å². The molecule has 1 saturated heterocycles. The van der Waals surface area contributed by atoms with Crippen LogP contribution in [0.25, 0.3) is 0 Å². The molecule has 4 aliphatic rings. The number of fused-ring (bicyclic) bond motifs is 1. The number of nitrogens with zero attached hydrogens (tertiary/aromatic N) is 1. The van der Waals surface area contributed by atoms with Gasteiger partial charge >= 0.3 is 0 Å². The van der Waals surface area contributed by atoms with Crippen molar-refractivity contribution >= 4 is 29.4 Å². The fraction of sp³-hybridized carbons (Fsp3) is 0.844. The number of carbonyl (C=O) groups is 5. The minimum atomic E-state index is -0.918. The number of ketones is 1. The van der Waals surface area contributed by atoms with Gasteiger partial charge in [-0.25, -0.2) is 0 Å². The van der Waals surface area contributed by atoms with Crippen LogP contribution in [0.4, 0.5) is 0 Å². The van der Waals surface area contributed by atoms with Gasteiger partial charge in [0.25, 0.3) is 5.91 Å². The van der Waals surface area contributed by atoms with Crippen LogP contribution < -0.4 is 16.0 Å². The fourth-order valence-corrected chi connectivity index (χ4v) is 7.26. The highest BCUT2D eigenvalue weighted by Gasteiger charge is 2.52. The number of nitrogens with one attached hydrogen (secondary N) is 3. The van der Waals surface area contributed by atoms with Crippen molar-refractivity contribution in [3.05, 3.63) is 0 Å². The Morgan fingerprint density at radius 1 is 0.878 bits per heavy atom. The van der Waals surface area contributed by atoms with Crippen LogP contribution in [0.1, 0.15) is 112 Å². The number of Topliss-reactive ketones (excluding diaryl/α,β-unsaturated/α-hetero) is 1. The minimum absolute atomic E-state index is 0.00843. The summed E-state index contributed by atoms with van der Waals surface area (Å²) in [5.41, 5.74) is -0.556. The van der Waals surface area contributed by atoms with Crippen LogP contribution in [0.15, 0.2) is 0 Å². The van der Waals surface area contributed by atoms with Crippen molar-refractivity contribution in [1.82, 2.24) is 20.9 Å². The SMILES string of the molecule is CCC[C@@H](NC(=O)[C@H]1C2CCCC2CN1C(=O)[C@H](NC(=O)[C@H](C)C1CCCCC1)C(C)(C)C)C(=O)C(=O)NC1CC1. The van der Waals surface area contributed by atoms with Crippen LogP contribution in [-0.2, 0) is 24.0 Å². The Balaban J connectivity index is 1.51. The van der Waals surface area contributed by atoms with Crippen LogP contribution in [-0.4, -0.2) is 65.0 Å². The molecule has 4 amide bonds. The maximum atomic E-state index is 14.3. The van der Waals surface area contributed by atoms with Gasteiger partial charge in [-0.1, -0.05) is 66.7 Å². The van der Waals surface area contributed by atoms with Gasteiger partial charge in [0.1, 0.15) is 12.1 Å². The number of amides is 4. The van der Waals surface area contributed by atoms with Crippen molar-refractivity contribution < 1.29 is 24.0 Å². The van der Waals surface area contributed by atoms with E-state index >= 15 is 0 Å². The molecule has 0 aromatic heterocycles. The van der Waals surface area contributed by atoms with E-state index in [1.165, 1.54) is 6.42 Å². The minimum Gasteiger partial charge on any atom is -0.347 e. The first-order valence-electron chi connectivity index (χ1n) is 16.2. The molecule has 3 saturated carbocycles. The van der Waals surface area contributed by atoms with Gasteiger partial charge in [0.2, 0.25) is 23.5 Å². The van der Waals surface area contributed by atoms with E-state index in [-0.39, 0.29) is 41.5 Å². The normalized spacial score (nSPS) is 27.0. The molecule has 2 unspecified atom stereocenters. The second-order valence-corrected chi connectivity index (χ2v) is 14.2. The molecule has 1 aliphatic heterocycles. The summed E-state index contributed by atoms with van der Waals surface area (Å²) in [4.78, 5) is 68.8. The van der Waals surface area contributed by atoms with Gasteiger partial charge in [-0.05, 0) is 68.1 Å². The maximum absolute atomic E-state index is 14.3. The molecule has 9 heteroatoms. The number of hydrogen-bond donors (Lipinski definition) is 3. The molecule has 4 fully saturated rings. The van der Waals surface area contributed by atoms with E-state index in [9.17, 15) is 24.0 Å². The highest BCUT2D eigenvalue weighted by molar-refractivity contribution is 6.38. The Kier molecular flexibility index (Phi) is 10.2. The fourth-order valence-electron chi connectivity index (χ4n) is 7.26. The molecule has 3 aliphatic carbocycles. The van der Waals surface area contributed by atoms with E-state index < -0.39 is 35.2 Å². The Labute approximate surface area is 245 Å². The van der Waals surface area contributed by atoms with Crippen molar-refractivity contribution in [1.29, 1.82) is 0 Å². The molecule has 6 atom stereocenters. The molecule has 230 valence electrons. The van der Waals surface area contributed by atoms with E-state index in [1.54, 1.807) is 4.90 Å². The summed E-state index contributed by atoms with van der Waals surface area (Å²) in [5, 5.41) is 8.72. The molecule has 0 radical (unpaired) electrons. The topological polar surface area (TPSA) is 125 Å². The third-order valence-corrected chi connectivity index (χ3v) is 9.96. The van der Waals surface area contributed by atoms with Crippen molar-refractivity contribution in [3.8, 4) is 0 Å². The number of carbonyl (C=O) groups excluding carboxylic acids is 5. The summed E-state index contributed by atoms with van der Waals surface area (Å²) in [5.74, 6) is -1.59. The first kappa shape index (κ1) is 31.5. The molecule has 4 rings (SSSR count). The van der Waals surface area contributed by atoms with Crippen molar-refractivity contribution in [2.24, 2.45) is 29.1 Å². The first-order chi connectivity index (χ1) is 19.4. The molecule has 3 N–H and O–H groups in total. The lowest BCUT2D eigenvalue weighted by Gasteiger charge is -2.37. The first-order valence-corrected chi connectivity index (χ1v) is 16.2. The Morgan fingerprint density at radius 3 is 2.17 bits per heavy atom. The van der Waals surface area contributed by atoms with Gasteiger partial charge in [0.05, 0.1) is 6.04 Å². The van der Waals surface area contributed by atoms with E-state index in [1.807, 2.05) is 34.6 Å². The maximum Gasteiger partial charge on any atom is 0.289 e. The third-order valence-electron chi connectivity index (χ3n) is 9.96. The van der Waals surface area contributed by atoms with Crippen LogP contribution in [0.3, 0.4) is 0 Å². The predicted octanol–water partition coefficient (Wildman–Crippen LogP) is 3.49. The summed E-state index contributed by atoms with van der Waals surface area (Å²) < 4.78 is 0. The Hall–Kier alpha value is -2.45. The van der Waals surface area contributed by atoms with E-state index in [0.717, 1.165) is 57.8 Å². The highest BCUT2D eigenvalue weighted by Crippen LogP contribution is 2.43. The monoisotopic (exact) mass is 572 g/mol. The Bertz CT molecular complexity index is 997. The van der Waals surface area contributed by atoms with Crippen molar-refractivity contribution in [3.63, 3.8) is 0 Å².